The van der Waals surface area contributed by atoms with E-state index in [2.05, 4.69) is 31.7 Å². The fraction of sp³-hybridized carbons (Fsp3) is 0.647. The average Bonchev–Trinajstić information content (AvgIpc) is 3.16. The lowest BCUT2D eigenvalue weighted by atomic mass is 10.1. The quantitative estimate of drug-likeness (QED) is 0.816. The highest BCUT2D eigenvalue weighted by Crippen LogP contribution is 2.29. The number of rotatable bonds is 6. The van der Waals surface area contributed by atoms with Crippen molar-refractivity contribution in [1.82, 2.24) is 19.4 Å². The molecule has 1 fully saturated rings. The van der Waals surface area contributed by atoms with Gasteiger partial charge in [-0.3, -0.25) is 4.90 Å². The van der Waals surface area contributed by atoms with Gasteiger partial charge in [0.1, 0.15) is 0 Å². The van der Waals surface area contributed by atoms with Crippen molar-refractivity contribution in [1.29, 1.82) is 0 Å². The second-order valence-electron chi connectivity index (χ2n) is 6.91. The first-order chi connectivity index (χ1) is 11.3. The number of thiazole rings is 1. The topological polar surface area (TPSA) is 43.2 Å². The lowest BCUT2D eigenvalue weighted by molar-refractivity contribution is 0.0703. The summed E-state index contributed by atoms with van der Waals surface area (Å²) in [7, 11) is 0. The van der Waals surface area contributed by atoms with Gasteiger partial charge in [0.15, 0.2) is 0 Å². The fourth-order valence-electron chi connectivity index (χ4n) is 3.26. The zero-order valence-corrected chi connectivity index (χ0v) is 14.5. The Bertz CT molecular complexity index is 649. The van der Waals surface area contributed by atoms with Crippen LogP contribution in [0.2, 0.25) is 0 Å². The smallest absolute Gasteiger partial charge is 0.0948 e. The van der Waals surface area contributed by atoms with Crippen LogP contribution >= 0.6 is 11.3 Å². The largest absolute Gasteiger partial charge is 0.381 e. The van der Waals surface area contributed by atoms with Crippen molar-refractivity contribution in [2.45, 2.75) is 39.4 Å². The van der Waals surface area contributed by atoms with Crippen LogP contribution in [0.5, 0.6) is 0 Å². The Morgan fingerprint density at radius 3 is 2.91 bits per heavy atom. The average molecular weight is 332 g/mol. The molecule has 1 atom stereocenters. The molecule has 0 aromatic carbocycles. The molecule has 2 aromatic heterocycles. The van der Waals surface area contributed by atoms with E-state index in [4.69, 9.17) is 4.74 Å². The van der Waals surface area contributed by atoms with Gasteiger partial charge in [0.25, 0.3) is 0 Å². The minimum atomic E-state index is 0.518. The maximum absolute atomic E-state index is 5.97. The lowest BCUT2D eigenvalue weighted by Crippen LogP contribution is -2.30. The van der Waals surface area contributed by atoms with Crippen molar-refractivity contribution in [2.24, 2.45) is 11.8 Å². The summed E-state index contributed by atoms with van der Waals surface area (Å²) < 4.78 is 8.26. The fourth-order valence-corrected chi connectivity index (χ4v) is 3.86. The summed E-state index contributed by atoms with van der Waals surface area (Å²) in [4.78, 5) is 11.4. The van der Waals surface area contributed by atoms with E-state index >= 15 is 0 Å². The van der Waals surface area contributed by atoms with Crippen LogP contribution in [-0.2, 0) is 24.4 Å². The highest BCUT2D eigenvalue weighted by atomic mass is 32.1. The molecule has 0 unspecified atom stereocenters. The molecule has 4 rings (SSSR count). The van der Waals surface area contributed by atoms with Gasteiger partial charge < -0.3 is 9.30 Å². The number of ether oxygens (including phenoxy) is 1. The molecule has 5 nitrogen and oxygen atoms in total. The summed E-state index contributed by atoms with van der Waals surface area (Å²) in [6.07, 6.45) is 6.66. The van der Waals surface area contributed by atoms with Crippen LogP contribution in [-0.4, -0.2) is 39.2 Å². The molecular weight excluding hydrogens is 308 g/mol. The van der Waals surface area contributed by atoms with Crippen LogP contribution in [0, 0.1) is 18.8 Å². The summed E-state index contributed by atoms with van der Waals surface area (Å²) in [6, 6.07) is 0. The van der Waals surface area contributed by atoms with Gasteiger partial charge in [-0.05, 0) is 25.7 Å². The number of aryl methyl sites for hydroxylation is 1. The van der Waals surface area contributed by atoms with Gasteiger partial charge in [-0.2, -0.15) is 0 Å². The molecule has 0 amide bonds. The zero-order valence-electron chi connectivity index (χ0n) is 13.6. The lowest BCUT2D eigenvalue weighted by Gasteiger charge is -2.23. The summed E-state index contributed by atoms with van der Waals surface area (Å²) in [5.41, 5.74) is 2.47. The van der Waals surface area contributed by atoms with Gasteiger partial charge in [0, 0.05) is 50.3 Å². The first-order valence-corrected chi connectivity index (χ1v) is 9.34. The maximum Gasteiger partial charge on any atom is 0.0948 e. The first-order valence-electron chi connectivity index (χ1n) is 8.46. The Kier molecular flexibility index (Phi) is 4.46. The van der Waals surface area contributed by atoms with Crippen LogP contribution in [0.3, 0.4) is 0 Å². The molecule has 0 spiro atoms. The molecule has 0 saturated heterocycles. The minimum Gasteiger partial charge on any atom is -0.381 e. The van der Waals surface area contributed by atoms with Gasteiger partial charge in [0.2, 0.25) is 0 Å². The third kappa shape index (κ3) is 4.00. The number of hydrogen-bond donors (Lipinski definition) is 0. The molecule has 1 aliphatic carbocycles. The van der Waals surface area contributed by atoms with E-state index in [1.807, 2.05) is 12.5 Å². The summed E-state index contributed by atoms with van der Waals surface area (Å²) in [6.45, 7) is 7.78. The van der Waals surface area contributed by atoms with Crippen molar-refractivity contribution >= 4 is 11.3 Å². The molecule has 0 radical (unpaired) electrons. The number of fused-ring (bicyclic) bond motifs is 1. The second-order valence-corrected chi connectivity index (χ2v) is 7.97. The molecule has 6 heteroatoms. The number of imidazole rings is 1. The number of aromatic nitrogens is 3. The van der Waals surface area contributed by atoms with E-state index in [1.165, 1.54) is 24.2 Å². The molecular formula is C17H24N4OS. The van der Waals surface area contributed by atoms with Crippen molar-refractivity contribution in [2.75, 3.05) is 19.8 Å². The van der Waals surface area contributed by atoms with Crippen LogP contribution in [0.1, 0.15) is 29.2 Å². The third-order valence-corrected chi connectivity index (χ3v) is 5.43. The van der Waals surface area contributed by atoms with E-state index in [-0.39, 0.29) is 0 Å². The van der Waals surface area contributed by atoms with Crippen LogP contribution in [0.25, 0.3) is 0 Å². The number of nitrogens with zero attached hydrogens (tertiary/aromatic N) is 4. The molecule has 23 heavy (non-hydrogen) atoms. The third-order valence-electron chi connectivity index (χ3n) is 4.61. The van der Waals surface area contributed by atoms with Gasteiger partial charge in [-0.15, -0.1) is 11.3 Å². The normalized spacial score (nSPS) is 22.0. The Morgan fingerprint density at radius 2 is 2.13 bits per heavy atom. The summed E-state index contributed by atoms with van der Waals surface area (Å²) >= 11 is 1.73. The SMILES string of the molecule is Cc1nc(CN2Cc3cncn3C[C@H](COCC3CC3)C2)cs1. The summed E-state index contributed by atoms with van der Waals surface area (Å²) in [5.74, 6) is 1.35. The highest BCUT2D eigenvalue weighted by Gasteiger charge is 2.25. The van der Waals surface area contributed by atoms with E-state index < -0.39 is 0 Å². The predicted octanol–water partition coefficient (Wildman–Crippen LogP) is 2.71. The van der Waals surface area contributed by atoms with Gasteiger partial charge >= 0.3 is 0 Å². The van der Waals surface area contributed by atoms with Crippen molar-refractivity contribution in [3.05, 3.63) is 34.3 Å². The molecule has 0 bridgehead atoms. The molecule has 0 N–H and O–H groups in total. The highest BCUT2D eigenvalue weighted by molar-refractivity contribution is 7.09. The van der Waals surface area contributed by atoms with Crippen LogP contribution < -0.4 is 0 Å². The Balaban J connectivity index is 1.42. The molecule has 2 aliphatic rings. The Morgan fingerprint density at radius 1 is 1.26 bits per heavy atom. The van der Waals surface area contributed by atoms with Gasteiger partial charge in [-0.25, -0.2) is 9.97 Å². The predicted molar refractivity (Wildman–Crippen MR) is 90.2 cm³/mol. The monoisotopic (exact) mass is 332 g/mol. The zero-order chi connectivity index (χ0) is 15.6. The van der Waals surface area contributed by atoms with Gasteiger partial charge in [-0.1, -0.05) is 0 Å². The van der Waals surface area contributed by atoms with Crippen molar-refractivity contribution in [3.8, 4) is 0 Å². The Labute approximate surface area is 141 Å². The standard InChI is InChI=1S/C17H24N4OS/c1-13-19-16(11-23-13)7-20-5-15(10-22-9-14-2-3-14)6-21-12-18-4-17(21)8-20/h4,11-12,14-15H,2-3,5-10H2,1H3/t15-/m1/s1. The van der Waals surface area contributed by atoms with E-state index in [0.29, 0.717) is 5.92 Å². The minimum absolute atomic E-state index is 0.518. The van der Waals surface area contributed by atoms with Crippen molar-refractivity contribution < 1.29 is 4.74 Å². The molecule has 1 aliphatic heterocycles. The van der Waals surface area contributed by atoms with Crippen molar-refractivity contribution in [3.63, 3.8) is 0 Å². The molecule has 3 heterocycles. The van der Waals surface area contributed by atoms with Crippen LogP contribution in [0.4, 0.5) is 0 Å². The van der Waals surface area contributed by atoms with E-state index in [9.17, 15) is 0 Å². The Hall–Kier alpha value is -1.24. The number of hydrogen-bond acceptors (Lipinski definition) is 5. The van der Waals surface area contributed by atoms with Gasteiger partial charge in [0.05, 0.1) is 29.3 Å². The molecule has 2 aromatic rings. The van der Waals surface area contributed by atoms with E-state index in [1.54, 1.807) is 11.3 Å². The van der Waals surface area contributed by atoms with Crippen LogP contribution in [0.15, 0.2) is 17.9 Å². The summed E-state index contributed by atoms with van der Waals surface area (Å²) in [5, 5.41) is 3.32. The first kappa shape index (κ1) is 15.3. The van der Waals surface area contributed by atoms with E-state index in [0.717, 1.165) is 50.3 Å². The molecule has 1 saturated carbocycles. The molecule has 124 valence electrons. The maximum atomic E-state index is 5.97. The second kappa shape index (κ2) is 6.71.